The molecule has 0 radical (unpaired) electrons. The van der Waals surface area contributed by atoms with Crippen molar-refractivity contribution in [1.82, 2.24) is 9.55 Å². The third-order valence-corrected chi connectivity index (χ3v) is 5.96. The Balaban J connectivity index is 1.72. The van der Waals surface area contributed by atoms with Crippen LogP contribution in [0.3, 0.4) is 0 Å². The van der Waals surface area contributed by atoms with Crippen LogP contribution in [0.4, 0.5) is 0 Å². The minimum atomic E-state index is -0.687. The third kappa shape index (κ3) is 5.43. The van der Waals surface area contributed by atoms with Gasteiger partial charge in [-0.05, 0) is 43.4 Å². The molecule has 0 spiro atoms. The summed E-state index contributed by atoms with van der Waals surface area (Å²) >= 11 is 0. The maximum absolute atomic E-state index is 12.7. The molecule has 1 aliphatic rings. The van der Waals surface area contributed by atoms with Gasteiger partial charge in [0.25, 0.3) is 5.56 Å². The number of ether oxygens (including phenoxy) is 2. The van der Waals surface area contributed by atoms with Gasteiger partial charge in [-0.3, -0.25) is 23.9 Å². The smallest absolute Gasteiger partial charge is 0.330 e. The molecule has 2 aromatic rings. The molecule has 1 aromatic heterocycles. The van der Waals surface area contributed by atoms with Crippen LogP contribution in [0, 0.1) is 13.8 Å². The molecule has 0 saturated carbocycles. The fourth-order valence-electron chi connectivity index (χ4n) is 4.18. The summed E-state index contributed by atoms with van der Waals surface area (Å²) in [5.74, 6) is -0.375. The highest BCUT2D eigenvalue weighted by atomic mass is 16.6. The van der Waals surface area contributed by atoms with Gasteiger partial charge >= 0.3 is 11.7 Å². The number of carbonyl (C=O) groups is 2. The molecule has 1 saturated heterocycles. The van der Waals surface area contributed by atoms with E-state index >= 15 is 0 Å². The molecule has 1 aliphatic heterocycles. The number of aryl methyl sites for hydroxylation is 3. The van der Waals surface area contributed by atoms with Crippen LogP contribution in [0.25, 0.3) is 0 Å². The molecule has 1 unspecified atom stereocenters. The van der Waals surface area contributed by atoms with Crippen molar-refractivity contribution in [2.24, 2.45) is 0 Å². The molecule has 0 amide bonds. The molecule has 2 heterocycles. The quantitative estimate of drug-likeness (QED) is 0.630. The van der Waals surface area contributed by atoms with Crippen molar-refractivity contribution in [3.8, 4) is 0 Å². The Morgan fingerprint density at radius 1 is 1.22 bits per heavy atom. The number of hydrogen-bond acceptors (Lipinski definition) is 6. The first-order valence-electron chi connectivity index (χ1n) is 10.9. The zero-order valence-corrected chi connectivity index (χ0v) is 19.0. The molecule has 3 rings (SSSR count). The van der Waals surface area contributed by atoms with Crippen LogP contribution in [-0.2, 0) is 31.9 Å². The molecule has 3 atom stereocenters. The zero-order valence-electron chi connectivity index (χ0n) is 19.0. The molecule has 172 valence electrons. The number of aromatic amines is 1. The van der Waals surface area contributed by atoms with E-state index in [0.29, 0.717) is 24.8 Å². The van der Waals surface area contributed by atoms with E-state index in [9.17, 15) is 19.2 Å². The number of benzene rings is 1. The Kier molecular flexibility index (Phi) is 7.45. The zero-order chi connectivity index (χ0) is 23.4. The molecular weight excluding hydrogens is 412 g/mol. The maximum atomic E-state index is 12.7. The van der Waals surface area contributed by atoms with Crippen molar-refractivity contribution in [3.05, 3.63) is 67.5 Å². The van der Waals surface area contributed by atoms with Gasteiger partial charge in [0.1, 0.15) is 18.1 Å². The predicted octanol–water partition coefficient (Wildman–Crippen LogP) is 2.53. The predicted molar refractivity (Wildman–Crippen MR) is 119 cm³/mol. The summed E-state index contributed by atoms with van der Waals surface area (Å²) in [5.41, 5.74) is 2.66. The van der Waals surface area contributed by atoms with E-state index in [1.807, 2.05) is 39.0 Å². The molecule has 0 aliphatic carbocycles. The van der Waals surface area contributed by atoms with Gasteiger partial charge in [-0.1, -0.05) is 25.1 Å². The van der Waals surface area contributed by atoms with Crippen molar-refractivity contribution in [2.75, 3.05) is 0 Å². The highest BCUT2D eigenvalue weighted by Crippen LogP contribution is 2.32. The number of aromatic nitrogens is 2. The Morgan fingerprint density at radius 2 is 1.91 bits per heavy atom. The SMILES string of the molecule is CCc1cn([C@@H]2CC(OC(C)=O)[C@H](CCC(=O)Cc3c(C)cccc3C)O2)c(=O)[nH]c1=O. The lowest BCUT2D eigenvalue weighted by molar-refractivity contribution is -0.149. The molecular formula is C24H30N2O6. The Bertz CT molecular complexity index is 1100. The number of nitrogens with one attached hydrogen (secondary N) is 1. The van der Waals surface area contributed by atoms with Crippen LogP contribution in [0.15, 0.2) is 34.0 Å². The molecule has 8 nitrogen and oxygen atoms in total. The molecule has 8 heteroatoms. The number of rotatable bonds is 8. The number of esters is 1. The van der Waals surface area contributed by atoms with E-state index in [2.05, 4.69) is 4.98 Å². The number of ketones is 1. The third-order valence-electron chi connectivity index (χ3n) is 5.96. The van der Waals surface area contributed by atoms with Gasteiger partial charge in [0.15, 0.2) is 0 Å². The Morgan fingerprint density at radius 3 is 2.53 bits per heavy atom. The van der Waals surface area contributed by atoms with Gasteiger partial charge in [0, 0.05) is 37.9 Å². The van der Waals surface area contributed by atoms with Crippen LogP contribution in [0.2, 0.25) is 0 Å². The Labute approximate surface area is 186 Å². The van der Waals surface area contributed by atoms with Crippen LogP contribution < -0.4 is 11.2 Å². The van der Waals surface area contributed by atoms with Crippen molar-refractivity contribution >= 4 is 11.8 Å². The van der Waals surface area contributed by atoms with Gasteiger partial charge in [-0.25, -0.2) is 4.79 Å². The van der Waals surface area contributed by atoms with E-state index in [-0.39, 0.29) is 18.6 Å². The lowest BCUT2D eigenvalue weighted by Crippen LogP contribution is -2.34. The first-order valence-corrected chi connectivity index (χ1v) is 10.9. The highest BCUT2D eigenvalue weighted by molar-refractivity contribution is 5.81. The van der Waals surface area contributed by atoms with Crippen LogP contribution in [0.1, 0.15) is 61.6 Å². The van der Waals surface area contributed by atoms with Gasteiger partial charge in [-0.15, -0.1) is 0 Å². The average Bonchev–Trinajstić information content (AvgIpc) is 3.11. The second kappa shape index (κ2) is 10.1. The summed E-state index contributed by atoms with van der Waals surface area (Å²) in [5, 5.41) is 0. The minimum absolute atomic E-state index is 0.0745. The van der Waals surface area contributed by atoms with Gasteiger partial charge in [0.05, 0.1) is 6.10 Å². The summed E-state index contributed by atoms with van der Waals surface area (Å²) in [6, 6.07) is 5.95. The van der Waals surface area contributed by atoms with Gasteiger partial charge in [0.2, 0.25) is 0 Å². The van der Waals surface area contributed by atoms with Gasteiger partial charge in [-0.2, -0.15) is 0 Å². The van der Waals surface area contributed by atoms with E-state index < -0.39 is 35.7 Å². The first kappa shape index (κ1) is 23.7. The first-order chi connectivity index (χ1) is 15.2. The van der Waals surface area contributed by atoms with Gasteiger partial charge < -0.3 is 9.47 Å². The fraction of sp³-hybridized carbons (Fsp3) is 0.500. The summed E-state index contributed by atoms with van der Waals surface area (Å²) in [7, 11) is 0. The van der Waals surface area contributed by atoms with Crippen LogP contribution in [-0.4, -0.2) is 33.5 Å². The average molecular weight is 443 g/mol. The normalized spacial score (nSPS) is 20.3. The minimum Gasteiger partial charge on any atom is -0.460 e. The number of hydrogen-bond donors (Lipinski definition) is 1. The molecule has 32 heavy (non-hydrogen) atoms. The van der Waals surface area contributed by atoms with Crippen LogP contribution >= 0.6 is 0 Å². The van der Waals surface area contributed by atoms with Crippen molar-refractivity contribution in [3.63, 3.8) is 0 Å². The summed E-state index contributed by atoms with van der Waals surface area (Å²) in [4.78, 5) is 50.8. The fourth-order valence-corrected chi connectivity index (χ4v) is 4.18. The molecule has 1 fully saturated rings. The monoisotopic (exact) mass is 442 g/mol. The molecule has 1 aromatic carbocycles. The summed E-state index contributed by atoms with van der Waals surface area (Å²) in [6.07, 6.45) is 1.42. The largest absolute Gasteiger partial charge is 0.460 e. The molecule has 0 bridgehead atoms. The summed E-state index contributed by atoms with van der Waals surface area (Å²) in [6.45, 7) is 7.12. The van der Waals surface area contributed by atoms with E-state index in [4.69, 9.17) is 9.47 Å². The highest BCUT2D eigenvalue weighted by Gasteiger charge is 2.39. The second-order valence-electron chi connectivity index (χ2n) is 8.31. The number of Topliss-reactive ketones (excluding diaryl/α,β-unsaturated/α-hetero) is 1. The second-order valence-corrected chi connectivity index (χ2v) is 8.31. The van der Waals surface area contributed by atoms with Crippen molar-refractivity contribution < 1.29 is 19.1 Å². The van der Waals surface area contributed by atoms with E-state index in [1.165, 1.54) is 17.7 Å². The number of nitrogens with zero attached hydrogens (tertiary/aromatic N) is 1. The lowest BCUT2D eigenvalue weighted by Gasteiger charge is -2.18. The lowest BCUT2D eigenvalue weighted by atomic mass is 9.95. The maximum Gasteiger partial charge on any atom is 0.330 e. The standard InChI is InChI=1S/C24H30N2O6/c1-5-17-13-26(24(30)25-23(17)29)22-12-21(31-16(4)27)20(32-22)10-9-18(28)11-19-14(2)7-6-8-15(19)3/h6-8,13,20-22H,5,9-12H2,1-4H3,(H,25,29,30)/t20-,21?,22-/m0/s1. The van der Waals surface area contributed by atoms with Crippen molar-refractivity contribution in [1.29, 1.82) is 0 Å². The van der Waals surface area contributed by atoms with E-state index in [1.54, 1.807) is 0 Å². The topological polar surface area (TPSA) is 107 Å². The Hall–Kier alpha value is -3.00. The van der Waals surface area contributed by atoms with Crippen molar-refractivity contribution in [2.45, 2.75) is 78.2 Å². The summed E-state index contributed by atoms with van der Waals surface area (Å²) < 4.78 is 12.8. The number of carbonyl (C=O) groups excluding carboxylic acids is 2. The molecule has 1 N–H and O–H groups in total. The van der Waals surface area contributed by atoms with E-state index in [0.717, 1.165) is 16.7 Å². The number of H-pyrrole nitrogens is 1. The van der Waals surface area contributed by atoms with Crippen LogP contribution in [0.5, 0.6) is 0 Å².